The summed E-state index contributed by atoms with van der Waals surface area (Å²) in [7, 11) is 1.62. The van der Waals surface area contributed by atoms with E-state index in [1.54, 1.807) is 37.4 Å². The highest BCUT2D eigenvalue weighted by atomic mass is 16.6. The summed E-state index contributed by atoms with van der Waals surface area (Å²) in [6.07, 6.45) is -7.37. The Morgan fingerprint density at radius 3 is 1.96 bits per heavy atom. The minimum atomic E-state index is -1.63. The second-order valence-corrected chi connectivity index (χ2v) is 13.2. The largest absolute Gasteiger partial charge is 0.394 e. The predicted octanol–water partition coefficient (Wildman–Crippen LogP) is -0.331. The molecule has 2 saturated heterocycles. The third-order valence-electron chi connectivity index (χ3n) is 9.91. The molecular weight excluding hydrogens is 730 g/mol. The van der Waals surface area contributed by atoms with Crippen molar-refractivity contribution in [2.75, 3.05) is 37.1 Å². The molecule has 6 heterocycles. The van der Waals surface area contributed by atoms with Crippen molar-refractivity contribution < 1.29 is 44.9 Å². The van der Waals surface area contributed by atoms with Crippen LogP contribution in [0, 0.1) is 0 Å². The molecule has 0 bridgehead atoms. The second-order valence-electron chi connectivity index (χ2n) is 13.2. The van der Waals surface area contributed by atoms with Crippen molar-refractivity contribution in [3.8, 4) is 0 Å². The Hall–Kier alpha value is -5.71. The average Bonchev–Trinajstić information content (AvgIpc) is 3.96. The fourth-order valence-electron chi connectivity index (χ4n) is 7.08. The highest BCUT2D eigenvalue weighted by molar-refractivity contribution is 5.96. The molecule has 0 spiro atoms. The maximum atomic E-state index is 15.0. The zero-order valence-electron chi connectivity index (χ0n) is 29.8. The number of anilines is 3. The number of aromatic nitrogens is 8. The molecule has 0 radical (unpaired) electrons. The van der Waals surface area contributed by atoms with Crippen LogP contribution in [0.2, 0.25) is 0 Å². The molecule has 20 nitrogen and oxygen atoms in total. The normalized spacial score (nSPS) is 24.9. The Bertz CT molecular complexity index is 2310. The molecule has 8 atom stereocenters. The van der Waals surface area contributed by atoms with Gasteiger partial charge in [-0.15, -0.1) is 0 Å². The number of aliphatic hydroxyl groups excluding tert-OH is 6. The smallest absolute Gasteiger partial charge is 0.272 e. The predicted molar refractivity (Wildman–Crippen MR) is 196 cm³/mol. The number of ether oxygens (including phenoxy) is 2. The van der Waals surface area contributed by atoms with Gasteiger partial charge in [-0.25, -0.2) is 34.9 Å². The van der Waals surface area contributed by atoms with Crippen molar-refractivity contribution in [1.29, 1.82) is 0 Å². The van der Waals surface area contributed by atoms with Gasteiger partial charge in [0.15, 0.2) is 35.1 Å². The number of hydrogen-bond acceptors (Lipinski definition) is 17. The van der Waals surface area contributed by atoms with Crippen LogP contribution >= 0.6 is 0 Å². The van der Waals surface area contributed by atoms with Gasteiger partial charge in [-0.1, -0.05) is 48.5 Å². The number of hydrazine groups is 1. The maximum absolute atomic E-state index is 15.0. The van der Waals surface area contributed by atoms with Crippen LogP contribution in [0.3, 0.4) is 0 Å². The highest BCUT2D eigenvalue weighted by Gasteiger charge is 2.49. The summed E-state index contributed by atoms with van der Waals surface area (Å²) in [5.74, 6) is -0.544. The second kappa shape index (κ2) is 15.4. The van der Waals surface area contributed by atoms with Gasteiger partial charge in [0.2, 0.25) is 11.9 Å². The number of aliphatic hydroxyl groups is 6. The first-order valence-corrected chi connectivity index (χ1v) is 17.8. The summed E-state index contributed by atoms with van der Waals surface area (Å²) in [5, 5.41) is 70.7. The van der Waals surface area contributed by atoms with Crippen LogP contribution in [-0.2, 0) is 15.9 Å². The molecule has 1 amide bonds. The number of fused-ring (bicyclic) bond motifs is 2. The van der Waals surface area contributed by atoms with Crippen LogP contribution in [-0.4, -0.2) is 144 Å². The minimum Gasteiger partial charge on any atom is -0.394 e. The summed E-state index contributed by atoms with van der Waals surface area (Å²) < 4.78 is 14.9. The minimum absolute atomic E-state index is 0.0215. The number of rotatable bonds is 12. The molecule has 0 saturated carbocycles. The van der Waals surface area contributed by atoms with Crippen LogP contribution in [0.1, 0.15) is 28.4 Å². The van der Waals surface area contributed by atoms with E-state index < -0.39 is 68.2 Å². The van der Waals surface area contributed by atoms with Gasteiger partial charge in [-0.2, -0.15) is 5.01 Å². The Labute approximate surface area is 317 Å². The first-order chi connectivity index (χ1) is 27.2. The van der Waals surface area contributed by atoms with Gasteiger partial charge in [-0.05, 0) is 24.1 Å². The number of nitrogens with one attached hydrogen (secondary N) is 1. The fraction of sp³-hybridized carbons (Fsp3) is 0.361. The number of imidazole rings is 2. The van der Waals surface area contributed by atoms with Crippen LogP contribution < -0.4 is 10.3 Å². The van der Waals surface area contributed by atoms with Crippen molar-refractivity contribution in [2.24, 2.45) is 0 Å². The van der Waals surface area contributed by atoms with Crippen molar-refractivity contribution in [3.05, 3.63) is 90.6 Å². The van der Waals surface area contributed by atoms with Crippen LogP contribution in [0.5, 0.6) is 0 Å². The third kappa shape index (κ3) is 6.36. The van der Waals surface area contributed by atoms with E-state index in [-0.39, 0.29) is 52.2 Å². The van der Waals surface area contributed by atoms with E-state index in [2.05, 4.69) is 25.3 Å². The number of carbonyl (C=O) groups is 1. The summed E-state index contributed by atoms with van der Waals surface area (Å²) in [5.41, 5.74) is 1.72. The molecule has 2 aliphatic heterocycles. The molecule has 0 unspecified atom stereocenters. The Morgan fingerprint density at radius 2 is 1.36 bits per heavy atom. The van der Waals surface area contributed by atoms with Crippen molar-refractivity contribution >= 4 is 45.9 Å². The maximum Gasteiger partial charge on any atom is 0.272 e. The summed E-state index contributed by atoms with van der Waals surface area (Å²) in [4.78, 5) is 42.3. The SMILES string of the molecule is CNc1ncnc2c1nc(N(c1nc3cncnc3n1[C@@H]1O[C@H](CO)[C@@H](O)[C@H]1O)N(CCc1ccccc1)C(=O)c1ccccc1)n2[C@H]1O[C@@H](CO)[C@H](O)[C@@H]1O. The standard InChI is InChI=1S/C36H39N11O9/c1-37-29-24-31(41-18-39-29)46(34-28(53)26(51)23(16-49)56-34)36(43-24)47(44(13-12-19-8-4-2-5-9-19)32(54)20-10-6-3-7-11-20)35-42-21-14-38-17-40-30(21)45(35)33-27(52)25(50)22(15-48)55-33/h2-11,14,17-18,22-23,25-28,33-34,48-53H,12-13,15-16H2,1H3,(H,37,39,41)/t22-,23+,25-,26+,27-,28+,33-,34+/m1/s1. The van der Waals surface area contributed by atoms with Crippen molar-refractivity contribution in [3.63, 3.8) is 0 Å². The van der Waals surface area contributed by atoms with E-state index >= 15 is 4.79 Å². The van der Waals surface area contributed by atoms with E-state index in [1.165, 1.54) is 38.0 Å². The van der Waals surface area contributed by atoms with Crippen molar-refractivity contribution in [1.82, 2.24) is 44.0 Å². The summed E-state index contributed by atoms with van der Waals surface area (Å²) >= 11 is 0. The zero-order valence-corrected chi connectivity index (χ0v) is 29.8. The van der Waals surface area contributed by atoms with E-state index in [0.717, 1.165) is 5.56 Å². The first-order valence-electron chi connectivity index (χ1n) is 17.8. The topological polar surface area (TPSA) is 263 Å². The molecule has 292 valence electrons. The summed E-state index contributed by atoms with van der Waals surface area (Å²) in [6, 6.07) is 17.9. The number of nitrogens with zero attached hydrogens (tertiary/aromatic N) is 10. The molecule has 2 aromatic carbocycles. The number of benzene rings is 2. The lowest BCUT2D eigenvalue weighted by molar-refractivity contribution is -0.0521. The molecule has 4 aromatic heterocycles. The molecule has 2 aliphatic rings. The van der Waals surface area contributed by atoms with E-state index in [0.29, 0.717) is 6.42 Å². The van der Waals surface area contributed by atoms with E-state index in [9.17, 15) is 30.6 Å². The van der Waals surface area contributed by atoms with Gasteiger partial charge in [0.05, 0.1) is 19.4 Å². The van der Waals surface area contributed by atoms with Crippen LogP contribution in [0.15, 0.2) is 79.5 Å². The number of hydrogen-bond donors (Lipinski definition) is 7. The fourth-order valence-corrected chi connectivity index (χ4v) is 7.08. The first kappa shape index (κ1) is 37.2. The lowest BCUT2D eigenvalue weighted by atomic mass is 10.1. The van der Waals surface area contributed by atoms with Gasteiger partial charge in [-0.3, -0.25) is 13.9 Å². The Morgan fingerprint density at radius 1 is 0.768 bits per heavy atom. The van der Waals surface area contributed by atoms with Gasteiger partial charge in [0, 0.05) is 19.2 Å². The van der Waals surface area contributed by atoms with Gasteiger partial charge in [0.25, 0.3) is 5.91 Å². The zero-order chi connectivity index (χ0) is 39.1. The average molecular weight is 770 g/mol. The molecule has 56 heavy (non-hydrogen) atoms. The molecule has 7 N–H and O–H groups in total. The van der Waals surface area contributed by atoms with Gasteiger partial charge >= 0.3 is 0 Å². The highest BCUT2D eigenvalue weighted by Crippen LogP contribution is 2.42. The number of amides is 1. The Kier molecular flexibility index (Phi) is 10.3. The lowest BCUT2D eigenvalue weighted by Crippen LogP contribution is -2.48. The lowest BCUT2D eigenvalue weighted by Gasteiger charge is -2.36. The molecular formula is C36H39N11O9. The van der Waals surface area contributed by atoms with E-state index in [1.807, 2.05) is 30.3 Å². The van der Waals surface area contributed by atoms with Crippen LogP contribution in [0.25, 0.3) is 22.3 Å². The summed E-state index contributed by atoms with van der Waals surface area (Å²) in [6.45, 7) is -1.28. The molecule has 6 aromatic rings. The molecule has 2 fully saturated rings. The third-order valence-corrected chi connectivity index (χ3v) is 9.91. The van der Waals surface area contributed by atoms with E-state index in [4.69, 9.17) is 19.4 Å². The molecule has 20 heteroatoms. The molecule has 0 aliphatic carbocycles. The van der Waals surface area contributed by atoms with Crippen LogP contribution in [0.4, 0.5) is 17.7 Å². The number of carbonyl (C=O) groups excluding carboxylic acids is 1. The Balaban J connectivity index is 1.44. The monoisotopic (exact) mass is 769 g/mol. The molecule has 8 rings (SSSR count). The van der Waals surface area contributed by atoms with Gasteiger partial charge in [0.1, 0.15) is 54.8 Å². The van der Waals surface area contributed by atoms with Crippen molar-refractivity contribution in [2.45, 2.75) is 55.5 Å². The quantitative estimate of drug-likeness (QED) is 0.0786. The van der Waals surface area contributed by atoms with Gasteiger partial charge < -0.3 is 45.4 Å².